The van der Waals surface area contributed by atoms with Crippen molar-refractivity contribution in [2.24, 2.45) is 0 Å². The Morgan fingerprint density at radius 1 is 1.56 bits per heavy atom. The van der Waals surface area contributed by atoms with Crippen LogP contribution in [0.1, 0.15) is 12.2 Å². The fourth-order valence-corrected chi connectivity index (χ4v) is 2.91. The summed E-state index contributed by atoms with van der Waals surface area (Å²) >= 11 is 0. The SMILES string of the molecule is CS(=O)(=O)[C@H]1CCN(C(=O)/C=C/c2ccco2)C1. The molecule has 1 atom stereocenters. The summed E-state index contributed by atoms with van der Waals surface area (Å²) in [4.78, 5) is 13.4. The van der Waals surface area contributed by atoms with E-state index in [4.69, 9.17) is 4.42 Å². The second-order valence-corrected chi connectivity index (χ2v) is 6.70. The first kappa shape index (κ1) is 12.9. The zero-order chi connectivity index (χ0) is 13.2. The molecule has 0 N–H and O–H groups in total. The first-order valence-electron chi connectivity index (χ1n) is 5.66. The Labute approximate surface area is 106 Å². The van der Waals surface area contributed by atoms with Gasteiger partial charge in [0, 0.05) is 25.4 Å². The van der Waals surface area contributed by atoms with Crippen molar-refractivity contribution in [2.75, 3.05) is 19.3 Å². The number of sulfone groups is 1. The van der Waals surface area contributed by atoms with E-state index >= 15 is 0 Å². The van der Waals surface area contributed by atoms with E-state index in [1.54, 1.807) is 23.1 Å². The second-order valence-electron chi connectivity index (χ2n) is 4.37. The van der Waals surface area contributed by atoms with Crippen molar-refractivity contribution in [1.82, 2.24) is 4.90 Å². The van der Waals surface area contributed by atoms with E-state index in [2.05, 4.69) is 0 Å². The molecule has 0 bridgehead atoms. The van der Waals surface area contributed by atoms with Crippen LogP contribution in [-0.4, -0.2) is 43.8 Å². The smallest absolute Gasteiger partial charge is 0.246 e. The van der Waals surface area contributed by atoms with Crippen molar-refractivity contribution < 1.29 is 17.6 Å². The zero-order valence-corrected chi connectivity index (χ0v) is 10.9. The van der Waals surface area contributed by atoms with Gasteiger partial charge in [-0.1, -0.05) is 0 Å². The maximum absolute atomic E-state index is 11.8. The molecule has 1 amide bonds. The number of carbonyl (C=O) groups is 1. The Kier molecular flexibility index (Phi) is 3.56. The van der Waals surface area contributed by atoms with Gasteiger partial charge >= 0.3 is 0 Å². The lowest BCUT2D eigenvalue weighted by atomic mass is 10.3. The fourth-order valence-electron chi connectivity index (χ4n) is 1.92. The molecule has 2 heterocycles. The number of carbonyl (C=O) groups excluding carboxylic acids is 1. The molecule has 0 saturated carbocycles. The molecule has 1 fully saturated rings. The molecule has 2 rings (SSSR count). The van der Waals surface area contributed by atoms with Gasteiger partial charge in [0.1, 0.15) is 5.76 Å². The van der Waals surface area contributed by atoms with Crippen LogP contribution in [0.2, 0.25) is 0 Å². The van der Waals surface area contributed by atoms with Crippen LogP contribution in [0.4, 0.5) is 0 Å². The second kappa shape index (κ2) is 4.97. The Bertz CT molecular complexity index is 545. The molecular weight excluding hydrogens is 254 g/mol. The minimum Gasteiger partial charge on any atom is -0.465 e. The zero-order valence-electron chi connectivity index (χ0n) is 10.1. The van der Waals surface area contributed by atoms with Crippen LogP contribution >= 0.6 is 0 Å². The molecule has 18 heavy (non-hydrogen) atoms. The predicted octanol–water partition coefficient (Wildman–Crippen LogP) is 0.938. The van der Waals surface area contributed by atoms with Gasteiger partial charge in [-0.3, -0.25) is 4.79 Å². The first-order chi connectivity index (χ1) is 8.47. The molecule has 0 radical (unpaired) electrons. The van der Waals surface area contributed by atoms with E-state index in [0.29, 0.717) is 18.7 Å². The molecule has 0 aromatic carbocycles. The fraction of sp³-hybridized carbons (Fsp3) is 0.417. The van der Waals surface area contributed by atoms with Crippen molar-refractivity contribution in [1.29, 1.82) is 0 Å². The van der Waals surface area contributed by atoms with E-state index in [9.17, 15) is 13.2 Å². The Morgan fingerprint density at radius 2 is 2.33 bits per heavy atom. The summed E-state index contributed by atoms with van der Waals surface area (Å²) in [6, 6.07) is 3.48. The number of rotatable bonds is 3. The highest BCUT2D eigenvalue weighted by Gasteiger charge is 2.31. The number of nitrogens with zero attached hydrogens (tertiary/aromatic N) is 1. The average Bonchev–Trinajstić information content (AvgIpc) is 2.96. The molecule has 98 valence electrons. The Hall–Kier alpha value is -1.56. The van der Waals surface area contributed by atoms with Crippen LogP contribution in [0.15, 0.2) is 28.9 Å². The summed E-state index contributed by atoms with van der Waals surface area (Å²) in [5, 5.41) is -0.432. The van der Waals surface area contributed by atoms with Crippen molar-refractivity contribution in [2.45, 2.75) is 11.7 Å². The van der Waals surface area contributed by atoms with Gasteiger partial charge in [-0.25, -0.2) is 8.42 Å². The monoisotopic (exact) mass is 269 g/mol. The maximum atomic E-state index is 11.8. The third-order valence-electron chi connectivity index (χ3n) is 3.00. The third-order valence-corrected chi connectivity index (χ3v) is 4.59. The molecule has 0 unspecified atom stereocenters. The molecule has 6 heteroatoms. The van der Waals surface area contributed by atoms with E-state index < -0.39 is 15.1 Å². The van der Waals surface area contributed by atoms with Crippen LogP contribution in [0.5, 0.6) is 0 Å². The van der Waals surface area contributed by atoms with Gasteiger partial charge in [-0.2, -0.15) is 0 Å². The lowest BCUT2D eigenvalue weighted by Crippen LogP contribution is -2.30. The highest BCUT2D eigenvalue weighted by atomic mass is 32.2. The molecule has 1 aromatic heterocycles. The van der Waals surface area contributed by atoms with Crippen LogP contribution < -0.4 is 0 Å². The molecule has 1 aliphatic heterocycles. The Morgan fingerprint density at radius 3 is 2.89 bits per heavy atom. The summed E-state index contributed by atoms with van der Waals surface area (Å²) in [5.41, 5.74) is 0. The summed E-state index contributed by atoms with van der Waals surface area (Å²) in [6.07, 6.45) is 6.24. The highest BCUT2D eigenvalue weighted by molar-refractivity contribution is 7.91. The summed E-state index contributed by atoms with van der Waals surface area (Å²) in [5.74, 6) is 0.416. The molecule has 1 saturated heterocycles. The third kappa shape index (κ3) is 3.01. The number of furan rings is 1. The number of hydrogen-bond donors (Lipinski definition) is 0. The summed E-state index contributed by atoms with van der Waals surface area (Å²) in [6.45, 7) is 0.763. The highest BCUT2D eigenvalue weighted by Crippen LogP contribution is 2.16. The summed E-state index contributed by atoms with van der Waals surface area (Å²) < 4.78 is 27.8. The van der Waals surface area contributed by atoms with Crippen LogP contribution in [0, 0.1) is 0 Å². The summed E-state index contributed by atoms with van der Waals surface area (Å²) in [7, 11) is -3.06. The van der Waals surface area contributed by atoms with Crippen molar-refractivity contribution in [3.63, 3.8) is 0 Å². The number of amides is 1. The lowest BCUT2D eigenvalue weighted by molar-refractivity contribution is -0.124. The van der Waals surface area contributed by atoms with Gasteiger partial charge in [-0.15, -0.1) is 0 Å². The van der Waals surface area contributed by atoms with Crippen LogP contribution in [0.3, 0.4) is 0 Å². The van der Waals surface area contributed by atoms with Crippen molar-refractivity contribution in [3.8, 4) is 0 Å². The van der Waals surface area contributed by atoms with E-state index in [1.807, 2.05) is 0 Å². The maximum Gasteiger partial charge on any atom is 0.246 e. The molecule has 1 aliphatic rings. The van der Waals surface area contributed by atoms with Gasteiger partial charge in [-0.05, 0) is 24.6 Å². The lowest BCUT2D eigenvalue weighted by Gasteiger charge is -2.13. The van der Waals surface area contributed by atoms with Gasteiger partial charge < -0.3 is 9.32 Å². The normalized spacial score (nSPS) is 20.7. The minimum atomic E-state index is -3.06. The van der Waals surface area contributed by atoms with Gasteiger partial charge in [0.25, 0.3) is 0 Å². The molecular formula is C12H15NO4S. The van der Waals surface area contributed by atoms with Crippen molar-refractivity contribution >= 4 is 21.8 Å². The van der Waals surface area contributed by atoms with Gasteiger partial charge in [0.15, 0.2) is 9.84 Å². The first-order valence-corrected chi connectivity index (χ1v) is 7.61. The van der Waals surface area contributed by atoms with E-state index in [-0.39, 0.29) is 12.5 Å². The quantitative estimate of drug-likeness (QED) is 0.766. The average molecular weight is 269 g/mol. The topological polar surface area (TPSA) is 67.6 Å². The largest absolute Gasteiger partial charge is 0.465 e. The van der Waals surface area contributed by atoms with Gasteiger partial charge in [0.2, 0.25) is 5.91 Å². The Balaban J connectivity index is 1.96. The van der Waals surface area contributed by atoms with E-state index in [1.165, 1.54) is 18.6 Å². The van der Waals surface area contributed by atoms with Crippen molar-refractivity contribution in [3.05, 3.63) is 30.2 Å². The minimum absolute atomic E-state index is 0.183. The molecule has 0 aliphatic carbocycles. The van der Waals surface area contributed by atoms with E-state index in [0.717, 1.165) is 0 Å². The molecule has 1 aromatic rings. The molecule has 5 nitrogen and oxygen atoms in total. The predicted molar refractivity (Wildman–Crippen MR) is 67.6 cm³/mol. The number of likely N-dealkylation sites (tertiary alicyclic amines) is 1. The number of hydrogen-bond acceptors (Lipinski definition) is 4. The van der Waals surface area contributed by atoms with Crippen LogP contribution in [0.25, 0.3) is 6.08 Å². The van der Waals surface area contributed by atoms with Crippen LogP contribution in [-0.2, 0) is 14.6 Å². The standard InChI is InChI=1S/C12H15NO4S/c1-18(15,16)11-6-7-13(9-11)12(14)5-4-10-3-2-8-17-10/h2-5,8,11H,6-7,9H2,1H3/b5-4+/t11-/m0/s1. The molecule has 0 spiro atoms. The van der Waals surface area contributed by atoms with Gasteiger partial charge in [0.05, 0.1) is 11.5 Å².